The highest BCUT2D eigenvalue weighted by atomic mass is 32.2. The normalized spacial score (nSPS) is 26.2. The molecule has 35 heavy (non-hydrogen) atoms. The molecule has 1 fully saturated rings. The number of likely N-dealkylation sites (N-methyl/N-ethyl adjacent to an activating group) is 1. The highest BCUT2D eigenvalue weighted by Gasteiger charge is 2.65. The maximum absolute atomic E-state index is 14.2. The number of nitriles is 1. The molecule has 2 aliphatic rings. The summed E-state index contributed by atoms with van der Waals surface area (Å²) in [4.78, 5) is 52.4. The fourth-order valence-corrected chi connectivity index (χ4v) is 6.59. The first kappa shape index (κ1) is 26.7. The molecule has 2 heterocycles. The number of hydrogen-bond acceptors (Lipinski definition) is 11. The van der Waals surface area contributed by atoms with E-state index < -0.39 is 43.7 Å². The third-order valence-corrected chi connectivity index (χ3v) is 8.82. The second kappa shape index (κ2) is 10.4. The predicted octanol–water partition coefficient (Wildman–Crippen LogP) is 3.93. The summed E-state index contributed by atoms with van der Waals surface area (Å²) in [5.74, 6) is -2.64. The molecule has 2 aliphatic heterocycles. The zero-order valence-electron chi connectivity index (χ0n) is 20.0. The van der Waals surface area contributed by atoms with Gasteiger partial charge in [-0.25, -0.2) is 9.59 Å². The Morgan fingerprint density at radius 1 is 1.20 bits per heavy atom. The number of hydrogen-bond donors (Lipinski definition) is 0. The number of carbonyl (C=O) groups is 4. The van der Waals surface area contributed by atoms with Crippen molar-refractivity contribution in [1.29, 1.82) is 5.26 Å². The monoisotopic (exact) mass is 522 g/mol. The minimum absolute atomic E-state index is 0.0213. The first-order valence-electron chi connectivity index (χ1n) is 10.7. The number of likely N-dealkylation sites (tertiary alicyclic amines) is 1. The number of amides is 1. The van der Waals surface area contributed by atoms with Gasteiger partial charge in [0.15, 0.2) is 22.2 Å². The van der Waals surface area contributed by atoms with Gasteiger partial charge in [-0.3, -0.25) is 9.59 Å². The SMILES string of the molecule is CCCC1(SC(=O)OC)C(=O)N(C)[C@@](C)(SC(=O)OC)C(=O)C1C(C#N)c1ccc2c(c1)OCO2. The lowest BCUT2D eigenvalue weighted by molar-refractivity contribution is -0.152. The van der Waals surface area contributed by atoms with Gasteiger partial charge in [0.1, 0.15) is 4.75 Å². The van der Waals surface area contributed by atoms with E-state index in [0.717, 1.165) is 4.90 Å². The zero-order valence-corrected chi connectivity index (χ0v) is 21.6. The third kappa shape index (κ3) is 4.54. The van der Waals surface area contributed by atoms with E-state index in [4.69, 9.17) is 18.9 Å². The predicted molar refractivity (Wildman–Crippen MR) is 128 cm³/mol. The van der Waals surface area contributed by atoms with E-state index in [1.54, 1.807) is 18.2 Å². The van der Waals surface area contributed by atoms with Crippen LogP contribution in [-0.2, 0) is 19.1 Å². The highest BCUT2D eigenvalue weighted by molar-refractivity contribution is 8.15. The van der Waals surface area contributed by atoms with Crippen LogP contribution in [0.25, 0.3) is 0 Å². The van der Waals surface area contributed by atoms with E-state index in [9.17, 15) is 24.4 Å². The Balaban J connectivity index is 2.24. The Bertz CT molecular complexity index is 1090. The Labute approximate surface area is 211 Å². The number of fused-ring (bicyclic) bond motifs is 1. The van der Waals surface area contributed by atoms with E-state index >= 15 is 0 Å². The summed E-state index contributed by atoms with van der Waals surface area (Å²) in [6.07, 6.45) is 0.557. The minimum Gasteiger partial charge on any atom is -0.461 e. The van der Waals surface area contributed by atoms with Gasteiger partial charge in [0.25, 0.3) is 0 Å². The van der Waals surface area contributed by atoms with Crippen molar-refractivity contribution >= 4 is 45.8 Å². The second-order valence-electron chi connectivity index (χ2n) is 8.16. The summed E-state index contributed by atoms with van der Waals surface area (Å²) < 4.78 is 18.7. The Kier molecular flexibility index (Phi) is 7.91. The molecule has 3 unspecified atom stereocenters. The summed E-state index contributed by atoms with van der Waals surface area (Å²) in [6, 6.07) is 7.02. The fraction of sp³-hybridized carbons (Fsp3) is 0.522. The van der Waals surface area contributed by atoms with Gasteiger partial charge in [0.05, 0.1) is 32.1 Å². The molecule has 10 nitrogen and oxygen atoms in total. The van der Waals surface area contributed by atoms with Gasteiger partial charge in [0.2, 0.25) is 12.7 Å². The molecule has 12 heteroatoms. The number of Topliss-reactive ketones (excluding diaryl/α,β-unsaturated/α-hetero) is 1. The van der Waals surface area contributed by atoms with Crippen LogP contribution in [0.15, 0.2) is 18.2 Å². The summed E-state index contributed by atoms with van der Waals surface area (Å²) in [5.41, 5.74) is 0.420. The lowest BCUT2D eigenvalue weighted by atomic mass is 9.69. The maximum Gasteiger partial charge on any atom is 0.369 e. The van der Waals surface area contributed by atoms with Crippen LogP contribution < -0.4 is 9.47 Å². The molecule has 0 N–H and O–H groups in total. The molecular formula is C23H26N2O8S2. The van der Waals surface area contributed by atoms with Gasteiger partial charge >= 0.3 is 10.6 Å². The van der Waals surface area contributed by atoms with Crippen molar-refractivity contribution in [3.8, 4) is 17.6 Å². The second-order valence-corrected chi connectivity index (χ2v) is 10.8. The van der Waals surface area contributed by atoms with Crippen molar-refractivity contribution in [1.82, 2.24) is 4.90 Å². The molecule has 0 aliphatic carbocycles. The number of benzene rings is 1. The van der Waals surface area contributed by atoms with E-state index in [0.29, 0.717) is 47.0 Å². The van der Waals surface area contributed by atoms with Gasteiger partial charge in [-0.2, -0.15) is 5.26 Å². The molecule has 3 rings (SSSR count). The molecule has 0 aromatic heterocycles. The largest absolute Gasteiger partial charge is 0.461 e. The summed E-state index contributed by atoms with van der Waals surface area (Å²) in [7, 11) is 3.75. The van der Waals surface area contributed by atoms with E-state index in [1.165, 1.54) is 28.2 Å². The molecule has 0 spiro atoms. The minimum atomic E-state index is -1.67. The number of thioether (sulfide) groups is 2. The molecule has 1 saturated heterocycles. The molecular weight excluding hydrogens is 496 g/mol. The van der Waals surface area contributed by atoms with Crippen LogP contribution in [0.1, 0.15) is 38.2 Å². The summed E-state index contributed by atoms with van der Waals surface area (Å²) in [6.45, 7) is 3.27. The lowest BCUT2D eigenvalue weighted by Crippen LogP contribution is -2.69. The molecule has 1 aromatic rings. The van der Waals surface area contributed by atoms with Gasteiger partial charge in [-0.05, 0) is 54.6 Å². The van der Waals surface area contributed by atoms with Crippen LogP contribution in [0.5, 0.6) is 11.5 Å². The van der Waals surface area contributed by atoms with Crippen molar-refractivity contribution in [2.24, 2.45) is 5.92 Å². The van der Waals surface area contributed by atoms with Crippen molar-refractivity contribution in [2.75, 3.05) is 28.1 Å². The van der Waals surface area contributed by atoms with E-state index in [-0.39, 0.29) is 13.2 Å². The number of methoxy groups -OCH3 is 2. The number of ether oxygens (including phenoxy) is 4. The van der Waals surface area contributed by atoms with Crippen molar-refractivity contribution < 1.29 is 38.1 Å². The van der Waals surface area contributed by atoms with Crippen LogP contribution >= 0.6 is 23.5 Å². The van der Waals surface area contributed by atoms with Gasteiger partial charge in [-0.15, -0.1) is 0 Å². The lowest BCUT2D eigenvalue weighted by Gasteiger charge is -2.52. The first-order valence-corrected chi connectivity index (χ1v) is 12.4. The van der Waals surface area contributed by atoms with Gasteiger partial charge in [-0.1, -0.05) is 19.4 Å². The van der Waals surface area contributed by atoms with Crippen LogP contribution in [0.4, 0.5) is 9.59 Å². The Morgan fingerprint density at radius 3 is 2.43 bits per heavy atom. The average molecular weight is 523 g/mol. The number of ketones is 1. The smallest absolute Gasteiger partial charge is 0.369 e. The molecule has 4 atom stereocenters. The number of nitrogens with zero attached hydrogens (tertiary/aromatic N) is 2. The van der Waals surface area contributed by atoms with Crippen LogP contribution in [-0.4, -0.2) is 64.9 Å². The Hall–Kier alpha value is -2.91. The summed E-state index contributed by atoms with van der Waals surface area (Å²) >= 11 is 1.15. The van der Waals surface area contributed by atoms with Crippen molar-refractivity contribution in [2.45, 2.75) is 42.2 Å². The van der Waals surface area contributed by atoms with Gasteiger partial charge < -0.3 is 23.8 Å². The molecule has 0 radical (unpaired) electrons. The molecule has 1 amide bonds. The molecule has 0 saturated carbocycles. The van der Waals surface area contributed by atoms with Crippen LogP contribution in [0, 0.1) is 17.2 Å². The quantitative estimate of drug-likeness (QED) is 0.503. The molecule has 188 valence electrons. The van der Waals surface area contributed by atoms with Crippen LogP contribution in [0.2, 0.25) is 0 Å². The number of piperidine rings is 1. The van der Waals surface area contributed by atoms with Crippen molar-refractivity contribution in [3.05, 3.63) is 23.8 Å². The van der Waals surface area contributed by atoms with E-state index in [2.05, 4.69) is 6.07 Å². The topological polar surface area (TPSA) is 132 Å². The third-order valence-electron chi connectivity index (χ3n) is 6.28. The molecule has 0 bridgehead atoms. The summed E-state index contributed by atoms with van der Waals surface area (Å²) in [5, 5.41) is 8.79. The Morgan fingerprint density at radius 2 is 1.83 bits per heavy atom. The number of carbonyl (C=O) groups excluding carboxylic acids is 4. The highest BCUT2D eigenvalue weighted by Crippen LogP contribution is 2.54. The van der Waals surface area contributed by atoms with Crippen LogP contribution in [0.3, 0.4) is 0 Å². The molecule has 1 aromatic carbocycles. The maximum atomic E-state index is 14.2. The average Bonchev–Trinajstić information content (AvgIpc) is 3.32. The zero-order chi connectivity index (χ0) is 26.0. The first-order chi connectivity index (χ1) is 16.6. The van der Waals surface area contributed by atoms with E-state index in [1.807, 2.05) is 6.92 Å². The number of rotatable bonds is 6. The van der Waals surface area contributed by atoms with Crippen molar-refractivity contribution in [3.63, 3.8) is 0 Å². The standard InChI is InChI=1S/C23H26N2O8S2/c1-6-9-23(35-21(29)31-5)17(14(11-24)13-7-8-15-16(10-13)33-12-32-15)18(26)22(2,25(3)19(23)27)34-20(28)30-4/h7-8,10,14,17H,6,9,12H2,1-5H3/t14?,17?,22-,23?/m0/s1. The van der Waals surface area contributed by atoms with Gasteiger partial charge in [0, 0.05) is 7.05 Å². The fourth-order valence-electron chi connectivity index (χ4n) is 4.45.